The number of aliphatic hydroxyl groups excluding tert-OH is 1. The molecule has 1 aromatic carbocycles. The van der Waals surface area contributed by atoms with Crippen LogP contribution in [0.5, 0.6) is 0 Å². The van der Waals surface area contributed by atoms with Crippen molar-refractivity contribution in [3.8, 4) is 0 Å². The van der Waals surface area contributed by atoms with Gasteiger partial charge in [-0.15, -0.1) is 0 Å². The van der Waals surface area contributed by atoms with Crippen LogP contribution in [0, 0.1) is 0 Å². The number of benzene rings is 1. The maximum absolute atomic E-state index is 13.0. The minimum absolute atomic E-state index is 0.141. The first kappa shape index (κ1) is 24.0. The first-order chi connectivity index (χ1) is 13.6. The Balaban J connectivity index is 2.63. The van der Waals surface area contributed by atoms with Crippen molar-refractivity contribution in [3.05, 3.63) is 35.9 Å². The molecule has 1 rings (SSSR count). The van der Waals surface area contributed by atoms with Gasteiger partial charge in [0.2, 0.25) is 5.91 Å². The van der Waals surface area contributed by atoms with Gasteiger partial charge in [-0.05, 0) is 24.8 Å². The summed E-state index contributed by atoms with van der Waals surface area (Å²) in [5, 5.41) is 12.0. The standard InChI is InChI=1S/C22H36N2O4/c1-3-5-10-15-24(16-11-6-4-2)21(26)20(14-17-25)23-22(27)28-18-19-12-8-7-9-13-19/h7-9,12-13,20,25H,3-6,10-11,14-18H2,1-2H3,(H,23,27). The van der Waals surface area contributed by atoms with Crippen molar-refractivity contribution in [1.82, 2.24) is 10.2 Å². The van der Waals surface area contributed by atoms with Crippen molar-refractivity contribution >= 4 is 12.0 Å². The molecule has 1 unspecified atom stereocenters. The van der Waals surface area contributed by atoms with Gasteiger partial charge in [-0.2, -0.15) is 0 Å². The number of aliphatic hydroxyl groups is 1. The summed E-state index contributed by atoms with van der Waals surface area (Å²) in [5.41, 5.74) is 0.878. The van der Waals surface area contributed by atoms with Crippen LogP contribution in [0.15, 0.2) is 30.3 Å². The smallest absolute Gasteiger partial charge is 0.408 e. The molecule has 0 bridgehead atoms. The number of unbranched alkanes of at least 4 members (excludes halogenated alkanes) is 4. The number of nitrogens with one attached hydrogen (secondary N) is 1. The van der Waals surface area contributed by atoms with E-state index in [9.17, 15) is 14.7 Å². The first-order valence-corrected chi connectivity index (χ1v) is 10.5. The summed E-state index contributed by atoms with van der Waals surface area (Å²) in [6, 6.07) is 8.61. The van der Waals surface area contributed by atoms with Crippen LogP contribution in [0.25, 0.3) is 0 Å². The molecule has 0 aromatic heterocycles. The van der Waals surface area contributed by atoms with Crippen molar-refractivity contribution in [2.24, 2.45) is 0 Å². The average Bonchev–Trinajstić information content (AvgIpc) is 2.71. The van der Waals surface area contributed by atoms with E-state index >= 15 is 0 Å². The molecule has 0 saturated carbocycles. The van der Waals surface area contributed by atoms with Gasteiger partial charge in [0.15, 0.2) is 0 Å². The second-order valence-corrected chi connectivity index (χ2v) is 7.01. The molecule has 28 heavy (non-hydrogen) atoms. The lowest BCUT2D eigenvalue weighted by Crippen LogP contribution is -2.49. The summed E-state index contributed by atoms with van der Waals surface area (Å²) in [6.45, 7) is 5.58. The van der Waals surface area contributed by atoms with E-state index in [4.69, 9.17) is 4.74 Å². The molecule has 6 nitrogen and oxygen atoms in total. The van der Waals surface area contributed by atoms with E-state index in [0.29, 0.717) is 13.1 Å². The third-order valence-electron chi connectivity index (χ3n) is 4.60. The number of ether oxygens (including phenoxy) is 1. The minimum atomic E-state index is -0.767. The molecule has 2 amide bonds. The number of nitrogens with zero attached hydrogens (tertiary/aromatic N) is 1. The summed E-state index contributed by atoms with van der Waals surface area (Å²) in [6.07, 6.45) is 5.72. The van der Waals surface area contributed by atoms with Gasteiger partial charge in [0.25, 0.3) is 0 Å². The predicted octanol–water partition coefficient (Wildman–Crippen LogP) is 3.87. The highest BCUT2D eigenvalue weighted by molar-refractivity contribution is 5.85. The fraction of sp³-hybridized carbons (Fsp3) is 0.636. The molecule has 1 aromatic rings. The molecule has 6 heteroatoms. The Bertz CT molecular complexity index is 541. The van der Waals surface area contributed by atoms with Crippen LogP contribution >= 0.6 is 0 Å². The van der Waals surface area contributed by atoms with Crippen molar-refractivity contribution in [2.45, 2.75) is 71.4 Å². The van der Waals surface area contributed by atoms with Crippen molar-refractivity contribution < 1.29 is 19.4 Å². The van der Waals surface area contributed by atoms with E-state index in [1.807, 2.05) is 35.2 Å². The molecule has 158 valence electrons. The Hall–Kier alpha value is -2.08. The fourth-order valence-corrected chi connectivity index (χ4v) is 2.95. The molecule has 0 radical (unpaired) electrons. The van der Waals surface area contributed by atoms with E-state index in [-0.39, 0.29) is 25.5 Å². The molecule has 0 fully saturated rings. The molecule has 0 aliphatic carbocycles. The van der Waals surface area contributed by atoms with Gasteiger partial charge in [0.05, 0.1) is 0 Å². The lowest BCUT2D eigenvalue weighted by Gasteiger charge is -2.27. The SMILES string of the molecule is CCCCCN(CCCCC)C(=O)C(CCO)NC(=O)OCc1ccccc1. The van der Waals surface area contributed by atoms with Crippen molar-refractivity contribution in [3.63, 3.8) is 0 Å². The second kappa shape index (κ2) is 14.9. The lowest BCUT2D eigenvalue weighted by atomic mass is 10.1. The molecule has 0 aliphatic heterocycles. The van der Waals surface area contributed by atoms with Crippen LogP contribution in [0.2, 0.25) is 0 Å². The lowest BCUT2D eigenvalue weighted by molar-refractivity contribution is -0.134. The fourth-order valence-electron chi connectivity index (χ4n) is 2.95. The van der Waals surface area contributed by atoms with E-state index in [1.165, 1.54) is 0 Å². The van der Waals surface area contributed by atoms with Gasteiger partial charge < -0.3 is 20.1 Å². The maximum Gasteiger partial charge on any atom is 0.408 e. The average molecular weight is 393 g/mol. The van der Waals surface area contributed by atoms with Crippen LogP contribution in [0.3, 0.4) is 0 Å². The Morgan fingerprint density at radius 2 is 1.64 bits per heavy atom. The number of rotatable bonds is 14. The van der Waals surface area contributed by atoms with E-state index in [0.717, 1.165) is 44.1 Å². The Labute approximate surface area is 169 Å². The molecule has 1 atom stereocenters. The summed E-state index contributed by atoms with van der Waals surface area (Å²) in [7, 11) is 0. The topological polar surface area (TPSA) is 78.9 Å². The summed E-state index contributed by atoms with van der Waals surface area (Å²) < 4.78 is 5.23. The van der Waals surface area contributed by atoms with Crippen LogP contribution in [0.1, 0.15) is 64.4 Å². The maximum atomic E-state index is 13.0. The van der Waals surface area contributed by atoms with Gasteiger partial charge >= 0.3 is 6.09 Å². The Kier molecular flexibility index (Phi) is 12.8. The molecular weight excluding hydrogens is 356 g/mol. The third-order valence-corrected chi connectivity index (χ3v) is 4.60. The largest absolute Gasteiger partial charge is 0.445 e. The second-order valence-electron chi connectivity index (χ2n) is 7.01. The summed E-state index contributed by atoms with van der Waals surface area (Å²) in [4.78, 5) is 27.0. The molecule has 0 spiro atoms. The minimum Gasteiger partial charge on any atom is -0.445 e. The van der Waals surface area contributed by atoms with Crippen LogP contribution in [-0.2, 0) is 16.1 Å². The Morgan fingerprint density at radius 3 is 2.18 bits per heavy atom. The number of carbonyl (C=O) groups is 2. The zero-order valence-corrected chi connectivity index (χ0v) is 17.4. The first-order valence-electron chi connectivity index (χ1n) is 10.5. The molecular formula is C22H36N2O4. The van der Waals surface area contributed by atoms with Gasteiger partial charge in [0, 0.05) is 19.7 Å². The van der Waals surface area contributed by atoms with Gasteiger partial charge in [0.1, 0.15) is 12.6 Å². The monoisotopic (exact) mass is 392 g/mol. The highest BCUT2D eigenvalue weighted by atomic mass is 16.5. The number of hydrogen-bond donors (Lipinski definition) is 2. The molecule has 0 heterocycles. The normalized spacial score (nSPS) is 11.7. The number of carbonyl (C=O) groups excluding carboxylic acids is 2. The van der Waals surface area contributed by atoms with Crippen molar-refractivity contribution in [1.29, 1.82) is 0 Å². The van der Waals surface area contributed by atoms with Gasteiger partial charge in [-0.3, -0.25) is 4.79 Å². The number of hydrogen-bond acceptors (Lipinski definition) is 4. The summed E-state index contributed by atoms with van der Waals surface area (Å²) in [5.74, 6) is -0.141. The highest BCUT2D eigenvalue weighted by Gasteiger charge is 2.25. The molecule has 0 aliphatic rings. The molecule has 2 N–H and O–H groups in total. The quantitative estimate of drug-likeness (QED) is 0.471. The predicted molar refractivity (Wildman–Crippen MR) is 111 cm³/mol. The zero-order chi connectivity index (χ0) is 20.6. The van der Waals surface area contributed by atoms with Gasteiger partial charge in [-0.25, -0.2) is 4.79 Å². The van der Waals surface area contributed by atoms with Crippen LogP contribution < -0.4 is 5.32 Å². The van der Waals surface area contributed by atoms with Crippen LogP contribution in [-0.4, -0.2) is 47.7 Å². The number of alkyl carbamates (subject to hydrolysis) is 1. The van der Waals surface area contributed by atoms with Crippen molar-refractivity contribution in [2.75, 3.05) is 19.7 Å². The highest BCUT2D eigenvalue weighted by Crippen LogP contribution is 2.08. The zero-order valence-electron chi connectivity index (χ0n) is 17.4. The van der Waals surface area contributed by atoms with E-state index in [1.54, 1.807) is 0 Å². The van der Waals surface area contributed by atoms with E-state index in [2.05, 4.69) is 19.2 Å². The third kappa shape index (κ3) is 9.74. The number of amides is 2. The van der Waals surface area contributed by atoms with Gasteiger partial charge in [-0.1, -0.05) is 69.9 Å². The van der Waals surface area contributed by atoms with Crippen LogP contribution in [0.4, 0.5) is 4.79 Å². The molecule has 0 saturated heterocycles. The Morgan fingerprint density at radius 1 is 1.04 bits per heavy atom. The summed E-state index contributed by atoms with van der Waals surface area (Å²) >= 11 is 0. The van der Waals surface area contributed by atoms with E-state index < -0.39 is 12.1 Å².